The van der Waals surface area contributed by atoms with E-state index in [0.717, 1.165) is 16.7 Å². The van der Waals surface area contributed by atoms with E-state index in [0.29, 0.717) is 11.3 Å². The number of carbonyl (C=O) groups is 2. The van der Waals surface area contributed by atoms with Crippen LogP contribution in [0.4, 0.5) is 0 Å². The highest BCUT2D eigenvalue weighted by atomic mass is 16.5. The van der Waals surface area contributed by atoms with Crippen LogP contribution in [-0.4, -0.2) is 48.1 Å². The topological polar surface area (TPSA) is 76.1 Å². The molecule has 0 aliphatic carbocycles. The molecule has 6 heteroatoms. The number of amides is 1. The molecule has 6 nitrogen and oxygen atoms in total. The number of likely N-dealkylation sites (tertiary alicyclic amines) is 1. The van der Waals surface area contributed by atoms with Crippen molar-refractivity contribution >= 4 is 17.4 Å². The van der Waals surface area contributed by atoms with Crippen LogP contribution in [0.2, 0.25) is 0 Å². The number of Topliss-reactive ketones (excluding diaryl/α,β-unsaturated/α-hetero) is 1. The van der Waals surface area contributed by atoms with Gasteiger partial charge in [-0.25, -0.2) is 0 Å². The number of carbonyl (C=O) groups excluding carboxylic acids is 2. The first-order valence-corrected chi connectivity index (χ1v) is 10.4. The van der Waals surface area contributed by atoms with Crippen molar-refractivity contribution in [3.05, 3.63) is 70.3 Å². The molecule has 1 aliphatic heterocycles. The predicted octanol–water partition coefficient (Wildman–Crippen LogP) is 4.16. The summed E-state index contributed by atoms with van der Waals surface area (Å²) in [5.41, 5.74) is 3.16. The van der Waals surface area contributed by atoms with Crippen molar-refractivity contribution in [2.45, 2.75) is 39.8 Å². The smallest absolute Gasteiger partial charge is 0.295 e. The number of aliphatic hydroxyl groups is 1. The highest BCUT2D eigenvalue weighted by Gasteiger charge is 2.45. The Bertz CT molecular complexity index is 1020. The molecule has 1 amide bonds. The SMILES string of the molecule is COCCN1C(=O)C(=O)/C(=C(\O)c2ccc(OC(C)C)c(C)c2)C1c1cccc(C)c1. The zero-order valence-electron chi connectivity index (χ0n) is 18.6. The van der Waals surface area contributed by atoms with Gasteiger partial charge in [-0.05, 0) is 57.0 Å². The third-order valence-electron chi connectivity index (χ3n) is 5.25. The van der Waals surface area contributed by atoms with Crippen molar-refractivity contribution in [3.8, 4) is 5.75 Å². The van der Waals surface area contributed by atoms with Crippen LogP contribution in [0.5, 0.6) is 5.75 Å². The van der Waals surface area contributed by atoms with Gasteiger partial charge in [0.15, 0.2) is 0 Å². The van der Waals surface area contributed by atoms with E-state index in [-0.39, 0.29) is 30.6 Å². The van der Waals surface area contributed by atoms with Crippen molar-refractivity contribution in [3.63, 3.8) is 0 Å². The van der Waals surface area contributed by atoms with Gasteiger partial charge < -0.3 is 19.5 Å². The Morgan fingerprint density at radius 1 is 1.13 bits per heavy atom. The van der Waals surface area contributed by atoms with E-state index in [1.54, 1.807) is 25.3 Å². The van der Waals surface area contributed by atoms with E-state index in [1.165, 1.54) is 4.90 Å². The van der Waals surface area contributed by atoms with Gasteiger partial charge in [-0.15, -0.1) is 0 Å². The summed E-state index contributed by atoms with van der Waals surface area (Å²) in [6, 6.07) is 12.2. The number of hydrogen-bond acceptors (Lipinski definition) is 5. The quantitative estimate of drug-likeness (QED) is 0.411. The Labute approximate surface area is 183 Å². The van der Waals surface area contributed by atoms with E-state index < -0.39 is 17.7 Å². The van der Waals surface area contributed by atoms with E-state index in [2.05, 4.69) is 0 Å². The predicted molar refractivity (Wildman–Crippen MR) is 119 cm³/mol. The van der Waals surface area contributed by atoms with E-state index in [4.69, 9.17) is 9.47 Å². The third-order valence-corrected chi connectivity index (χ3v) is 5.25. The van der Waals surface area contributed by atoms with Crippen LogP contribution in [-0.2, 0) is 14.3 Å². The molecule has 2 aromatic rings. The molecule has 1 atom stereocenters. The molecule has 1 N–H and O–H groups in total. The largest absolute Gasteiger partial charge is 0.507 e. The van der Waals surface area contributed by atoms with E-state index in [1.807, 2.05) is 52.0 Å². The normalized spacial score (nSPS) is 18.1. The molecule has 3 rings (SSSR count). The van der Waals surface area contributed by atoms with Gasteiger partial charge in [0.25, 0.3) is 11.7 Å². The maximum absolute atomic E-state index is 13.0. The molecule has 1 aliphatic rings. The van der Waals surface area contributed by atoms with Crippen molar-refractivity contribution < 1.29 is 24.2 Å². The molecule has 0 spiro atoms. The Morgan fingerprint density at radius 3 is 2.48 bits per heavy atom. The lowest BCUT2D eigenvalue weighted by molar-refractivity contribution is -0.140. The molecule has 0 bridgehead atoms. The summed E-state index contributed by atoms with van der Waals surface area (Å²) in [7, 11) is 1.54. The van der Waals surface area contributed by atoms with Crippen molar-refractivity contribution in [2.75, 3.05) is 20.3 Å². The summed E-state index contributed by atoms with van der Waals surface area (Å²) >= 11 is 0. The molecule has 1 fully saturated rings. The molecule has 0 radical (unpaired) electrons. The Balaban J connectivity index is 2.12. The Morgan fingerprint density at radius 2 is 1.87 bits per heavy atom. The summed E-state index contributed by atoms with van der Waals surface area (Å²) in [5.74, 6) is -0.812. The summed E-state index contributed by atoms with van der Waals surface area (Å²) < 4.78 is 10.9. The fraction of sp³-hybridized carbons (Fsp3) is 0.360. The van der Waals surface area contributed by atoms with Gasteiger partial charge in [0, 0.05) is 19.2 Å². The minimum atomic E-state index is -0.694. The standard InChI is InChI=1S/C25H29NO5/c1-15(2)31-20-10-9-19(14-17(20)4)23(27)21-22(18-8-6-7-16(3)13-18)26(11-12-30-5)25(29)24(21)28/h6-10,13-15,22,27H,11-12H2,1-5H3/b23-21-. The third kappa shape index (κ3) is 4.64. The summed E-state index contributed by atoms with van der Waals surface area (Å²) in [6.07, 6.45) is 0.0191. The number of ketones is 1. The first kappa shape index (κ1) is 22.6. The number of rotatable bonds is 7. The van der Waals surface area contributed by atoms with Crippen molar-refractivity contribution in [1.29, 1.82) is 0 Å². The molecule has 1 heterocycles. The molecule has 1 unspecified atom stereocenters. The maximum Gasteiger partial charge on any atom is 0.295 e. The second kappa shape index (κ2) is 9.35. The zero-order valence-corrected chi connectivity index (χ0v) is 18.6. The Kier molecular flexibility index (Phi) is 6.81. The van der Waals surface area contributed by atoms with Crippen LogP contribution in [0.1, 0.15) is 42.1 Å². The summed E-state index contributed by atoms with van der Waals surface area (Å²) in [6.45, 7) is 8.24. The number of methoxy groups -OCH3 is 1. The average Bonchev–Trinajstić information content (AvgIpc) is 2.97. The second-order valence-electron chi connectivity index (χ2n) is 8.05. The highest BCUT2D eigenvalue weighted by molar-refractivity contribution is 6.46. The molecule has 2 aromatic carbocycles. The summed E-state index contributed by atoms with van der Waals surface area (Å²) in [5, 5.41) is 11.2. The van der Waals surface area contributed by atoms with Gasteiger partial charge in [0.05, 0.1) is 24.3 Å². The number of hydrogen-bond donors (Lipinski definition) is 1. The fourth-order valence-electron chi connectivity index (χ4n) is 3.83. The van der Waals surface area contributed by atoms with Crippen LogP contribution in [0, 0.1) is 13.8 Å². The number of benzene rings is 2. The number of nitrogens with zero attached hydrogens (tertiary/aromatic N) is 1. The molecular weight excluding hydrogens is 394 g/mol. The van der Waals surface area contributed by atoms with Gasteiger partial charge >= 0.3 is 0 Å². The monoisotopic (exact) mass is 423 g/mol. The lowest BCUT2D eigenvalue weighted by Gasteiger charge is -2.25. The average molecular weight is 424 g/mol. The first-order valence-electron chi connectivity index (χ1n) is 10.4. The van der Waals surface area contributed by atoms with Gasteiger partial charge in [-0.1, -0.05) is 29.8 Å². The molecule has 0 aromatic heterocycles. The van der Waals surface area contributed by atoms with Gasteiger partial charge in [0.1, 0.15) is 11.5 Å². The van der Waals surface area contributed by atoms with Crippen molar-refractivity contribution in [2.24, 2.45) is 0 Å². The van der Waals surface area contributed by atoms with Crippen LogP contribution in [0.25, 0.3) is 5.76 Å². The summed E-state index contributed by atoms with van der Waals surface area (Å²) in [4.78, 5) is 27.3. The van der Waals surface area contributed by atoms with Crippen molar-refractivity contribution in [1.82, 2.24) is 4.90 Å². The number of aliphatic hydroxyl groups excluding tert-OH is 1. The van der Waals surface area contributed by atoms with Gasteiger partial charge in [0.2, 0.25) is 0 Å². The lowest BCUT2D eigenvalue weighted by Crippen LogP contribution is -2.32. The van der Waals surface area contributed by atoms with Gasteiger partial charge in [-0.2, -0.15) is 0 Å². The molecule has 164 valence electrons. The van der Waals surface area contributed by atoms with Crippen LogP contribution < -0.4 is 4.74 Å². The number of aryl methyl sites for hydroxylation is 2. The minimum Gasteiger partial charge on any atom is -0.507 e. The maximum atomic E-state index is 13.0. The van der Waals surface area contributed by atoms with E-state index >= 15 is 0 Å². The lowest BCUT2D eigenvalue weighted by atomic mass is 9.94. The van der Waals surface area contributed by atoms with Gasteiger partial charge in [-0.3, -0.25) is 9.59 Å². The first-order chi connectivity index (χ1) is 14.7. The second-order valence-corrected chi connectivity index (χ2v) is 8.05. The Hall–Kier alpha value is -3.12. The number of ether oxygens (including phenoxy) is 2. The molecule has 1 saturated heterocycles. The van der Waals surface area contributed by atoms with Crippen LogP contribution in [0.3, 0.4) is 0 Å². The highest BCUT2D eigenvalue weighted by Crippen LogP contribution is 2.39. The zero-order chi connectivity index (χ0) is 22.7. The fourth-order valence-corrected chi connectivity index (χ4v) is 3.83. The molecule has 0 saturated carbocycles. The van der Waals surface area contributed by atoms with Crippen LogP contribution in [0.15, 0.2) is 48.0 Å². The minimum absolute atomic E-state index is 0.0191. The molecule has 31 heavy (non-hydrogen) atoms. The van der Waals surface area contributed by atoms with E-state index in [9.17, 15) is 14.7 Å². The molecular formula is C25H29NO5. The van der Waals surface area contributed by atoms with Crippen LogP contribution >= 0.6 is 0 Å².